The first kappa shape index (κ1) is 18.6. The van der Waals surface area contributed by atoms with Crippen LogP contribution in [0, 0.1) is 0 Å². The molecule has 0 aliphatic carbocycles. The lowest BCUT2D eigenvalue weighted by Crippen LogP contribution is -2.42. The van der Waals surface area contributed by atoms with Crippen LogP contribution in [0.25, 0.3) is 0 Å². The molecule has 0 rings (SSSR count). The topological polar surface area (TPSA) is 133 Å². The highest BCUT2D eigenvalue weighted by Gasteiger charge is 2.22. The second kappa shape index (κ2) is 10.4. The molecule has 0 bridgehead atoms. The molecule has 2 amide bonds. The SMILES string of the molecule is CC(=O)NCCSSCC(=O)NC(CC(=O)O)C(=O)O. The third-order valence-electron chi connectivity index (χ3n) is 1.84. The lowest BCUT2D eigenvalue weighted by molar-refractivity contribution is -0.147. The summed E-state index contributed by atoms with van der Waals surface area (Å²) >= 11 is 0. The largest absolute Gasteiger partial charge is 0.481 e. The van der Waals surface area contributed by atoms with Crippen molar-refractivity contribution in [1.29, 1.82) is 0 Å². The van der Waals surface area contributed by atoms with E-state index in [1.807, 2.05) is 0 Å². The Morgan fingerprint density at radius 1 is 1.15 bits per heavy atom. The van der Waals surface area contributed by atoms with Crippen molar-refractivity contribution < 1.29 is 29.4 Å². The Bertz CT molecular complexity index is 377. The van der Waals surface area contributed by atoms with Gasteiger partial charge in [-0.3, -0.25) is 14.4 Å². The minimum atomic E-state index is -1.43. The molecule has 0 heterocycles. The maximum Gasteiger partial charge on any atom is 0.326 e. The Labute approximate surface area is 123 Å². The second-order valence-electron chi connectivity index (χ2n) is 3.62. The number of carboxylic acid groups (broad SMARTS) is 2. The molecule has 0 aromatic rings. The molecule has 0 saturated heterocycles. The highest BCUT2D eigenvalue weighted by molar-refractivity contribution is 8.76. The molecule has 1 unspecified atom stereocenters. The van der Waals surface area contributed by atoms with Gasteiger partial charge in [0.2, 0.25) is 11.8 Å². The van der Waals surface area contributed by atoms with Gasteiger partial charge < -0.3 is 20.8 Å². The molecular weight excluding hydrogens is 308 g/mol. The Kier molecular flexibility index (Phi) is 9.64. The molecule has 0 aliphatic heterocycles. The van der Waals surface area contributed by atoms with E-state index < -0.39 is 30.3 Å². The highest BCUT2D eigenvalue weighted by Crippen LogP contribution is 2.19. The fourth-order valence-corrected chi connectivity index (χ4v) is 2.79. The number of aliphatic carboxylic acids is 2. The van der Waals surface area contributed by atoms with E-state index >= 15 is 0 Å². The van der Waals surface area contributed by atoms with Crippen molar-refractivity contribution in [3.63, 3.8) is 0 Å². The first-order valence-electron chi connectivity index (χ1n) is 5.55. The summed E-state index contributed by atoms with van der Waals surface area (Å²) in [6, 6.07) is -1.43. The van der Waals surface area contributed by atoms with Gasteiger partial charge in [-0.2, -0.15) is 0 Å². The van der Waals surface area contributed by atoms with E-state index in [2.05, 4.69) is 10.6 Å². The zero-order chi connectivity index (χ0) is 15.5. The average molecular weight is 324 g/mol. The summed E-state index contributed by atoms with van der Waals surface area (Å²) < 4.78 is 0. The summed E-state index contributed by atoms with van der Waals surface area (Å²) in [6.07, 6.45) is -0.665. The van der Waals surface area contributed by atoms with Crippen LogP contribution in [0.4, 0.5) is 0 Å². The molecule has 10 heteroatoms. The van der Waals surface area contributed by atoms with Crippen molar-refractivity contribution >= 4 is 45.3 Å². The van der Waals surface area contributed by atoms with Crippen LogP contribution in [0.5, 0.6) is 0 Å². The molecule has 8 nitrogen and oxygen atoms in total. The van der Waals surface area contributed by atoms with Crippen molar-refractivity contribution in [2.45, 2.75) is 19.4 Å². The van der Waals surface area contributed by atoms with E-state index in [1.54, 1.807) is 0 Å². The monoisotopic (exact) mass is 324 g/mol. The molecule has 0 saturated carbocycles. The van der Waals surface area contributed by atoms with Gasteiger partial charge in [-0.05, 0) is 0 Å². The molecular formula is C10H16N2O6S2. The smallest absolute Gasteiger partial charge is 0.326 e. The van der Waals surface area contributed by atoms with Gasteiger partial charge in [-0.25, -0.2) is 4.79 Å². The van der Waals surface area contributed by atoms with Gasteiger partial charge in [0.15, 0.2) is 0 Å². The van der Waals surface area contributed by atoms with Crippen LogP contribution in [-0.2, 0) is 19.2 Å². The molecule has 0 fully saturated rings. The van der Waals surface area contributed by atoms with E-state index in [1.165, 1.54) is 28.5 Å². The van der Waals surface area contributed by atoms with Crippen molar-refractivity contribution in [3.05, 3.63) is 0 Å². The van der Waals surface area contributed by atoms with Crippen LogP contribution in [-0.4, -0.2) is 58.1 Å². The predicted octanol–water partition coefficient (Wildman–Crippen LogP) is -0.452. The Balaban J connectivity index is 3.82. The molecule has 1 atom stereocenters. The average Bonchev–Trinajstić information content (AvgIpc) is 2.31. The number of carbonyl (C=O) groups is 4. The zero-order valence-electron chi connectivity index (χ0n) is 10.7. The van der Waals surface area contributed by atoms with Crippen LogP contribution in [0.3, 0.4) is 0 Å². The summed E-state index contributed by atoms with van der Waals surface area (Å²) in [5.41, 5.74) is 0. The van der Waals surface area contributed by atoms with E-state index in [-0.39, 0.29) is 11.7 Å². The summed E-state index contributed by atoms with van der Waals surface area (Å²) in [7, 11) is 2.55. The Morgan fingerprint density at radius 3 is 2.30 bits per heavy atom. The second-order valence-corrected chi connectivity index (χ2v) is 6.21. The lowest BCUT2D eigenvalue weighted by Gasteiger charge is -2.11. The van der Waals surface area contributed by atoms with Gasteiger partial charge >= 0.3 is 11.9 Å². The molecule has 4 N–H and O–H groups in total. The lowest BCUT2D eigenvalue weighted by atomic mass is 10.2. The van der Waals surface area contributed by atoms with Gasteiger partial charge in [0.05, 0.1) is 12.2 Å². The van der Waals surface area contributed by atoms with Crippen LogP contribution < -0.4 is 10.6 Å². The molecule has 114 valence electrons. The summed E-state index contributed by atoms with van der Waals surface area (Å²) in [4.78, 5) is 43.1. The van der Waals surface area contributed by atoms with Crippen LogP contribution in [0.15, 0.2) is 0 Å². The normalized spacial score (nSPS) is 11.4. The van der Waals surface area contributed by atoms with Crippen molar-refractivity contribution in [1.82, 2.24) is 10.6 Å². The number of rotatable bonds is 10. The molecule has 0 aromatic heterocycles. The quantitative estimate of drug-likeness (QED) is 0.314. The minimum absolute atomic E-state index is 0.00807. The molecule has 0 aromatic carbocycles. The van der Waals surface area contributed by atoms with E-state index in [9.17, 15) is 19.2 Å². The Morgan fingerprint density at radius 2 is 1.80 bits per heavy atom. The molecule has 0 spiro atoms. The first-order valence-corrected chi connectivity index (χ1v) is 8.04. The van der Waals surface area contributed by atoms with Gasteiger partial charge in [0.1, 0.15) is 6.04 Å². The maximum atomic E-state index is 11.4. The predicted molar refractivity (Wildman–Crippen MR) is 75.4 cm³/mol. The number of carbonyl (C=O) groups excluding carboxylic acids is 2. The molecule has 0 radical (unpaired) electrons. The van der Waals surface area contributed by atoms with Gasteiger partial charge in [0, 0.05) is 19.2 Å². The fraction of sp³-hybridized carbons (Fsp3) is 0.600. The summed E-state index contributed by atoms with van der Waals surface area (Å²) in [5, 5.41) is 22.0. The number of hydrogen-bond donors (Lipinski definition) is 4. The third-order valence-corrected chi connectivity index (χ3v) is 4.12. The maximum absolute atomic E-state index is 11.4. The van der Waals surface area contributed by atoms with Crippen molar-refractivity contribution in [2.24, 2.45) is 0 Å². The van der Waals surface area contributed by atoms with E-state index in [0.29, 0.717) is 12.3 Å². The number of carboxylic acids is 2. The van der Waals surface area contributed by atoms with Crippen LogP contribution in [0.1, 0.15) is 13.3 Å². The number of nitrogens with one attached hydrogen (secondary N) is 2. The van der Waals surface area contributed by atoms with Crippen molar-refractivity contribution in [3.8, 4) is 0 Å². The highest BCUT2D eigenvalue weighted by atomic mass is 33.1. The van der Waals surface area contributed by atoms with Crippen LogP contribution >= 0.6 is 21.6 Å². The number of hydrogen-bond acceptors (Lipinski definition) is 6. The van der Waals surface area contributed by atoms with Crippen LogP contribution in [0.2, 0.25) is 0 Å². The van der Waals surface area contributed by atoms with Gasteiger partial charge in [-0.15, -0.1) is 0 Å². The van der Waals surface area contributed by atoms with Gasteiger partial charge in [-0.1, -0.05) is 21.6 Å². The van der Waals surface area contributed by atoms with Crippen molar-refractivity contribution in [2.75, 3.05) is 18.1 Å². The van der Waals surface area contributed by atoms with E-state index in [0.717, 1.165) is 0 Å². The van der Waals surface area contributed by atoms with E-state index in [4.69, 9.17) is 10.2 Å². The zero-order valence-corrected chi connectivity index (χ0v) is 12.4. The third kappa shape index (κ3) is 10.5. The summed E-state index contributed by atoms with van der Waals surface area (Å²) in [6.45, 7) is 1.88. The first-order chi connectivity index (χ1) is 9.32. The standard InChI is InChI=1S/C10H16N2O6S2/c1-6(13)11-2-3-19-20-5-8(14)12-7(10(17)18)4-9(15)16/h7H,2-5H2,1H3,(H,11,13)(H,12,14)(H,15,16)(H,17,18). The minimum Gasteiger partial charge on any atom is -0.481 e. The Hall–Kier alpha value is -1.42. The molecule has 20 heavy (non-hydrogen) atoms. The molecule has 0 aliphatic rings. The fourth-order valence-electron chi connectivity index (χ4n) is 1.03. The number of amides is 2. The summed E-state index contributed by atoms with van der Waals surface area (Å²) in [5.74, 6) is -2.75. The van der Waals surface area contributed by atoms with Gasteiger partial charge in [0.25, 0.3) is 0 Å².